The van der Waals surface area contributed by atoms with Crippen LogP contribution in [0.4, 0.5) is 4.39 Å². The Labute approximate surface area is 158 Å². The molecule has 5 rings (SSSR count). The molecular weight excluding hydrogens is 339 g/mol. The highest BCUT2D eigenvalue weighted by atomic mass is 19.1. The van der Waals surface area contributed by atoms with Gasteiger partial charge in [0, 0.05) is 29.5 Å². The smallest absolute Gasteiger partial charge is 0.123 e. The summed E-state index contributed by atoms with van der Waals surface area (Å²) in [4.78, 5) is 7.31. The number of phenolic OH excluding ortho intramolecular Hbond substituents is 1. The molecule has 3 nitrogen and oxygen atoms in total. The van der Waals surface area contributed by atoms with Gasteiger partial charge in [-0.05, 0) is 79.9 Å². The van der Waals surface area contributed by atoms with Crippen LogP contribution < -0.4 is 0 Å². The summed E-state index contributed by atoms with van der Waals surface area (Å²) in [6, 6.07) is 14.7. The lowest BCUT2D eigenvalue weighted by Crippen LogP contribution is -2.53. The number of hydrogen-bond donors (Lipinski definition) is 1. The molecule has 0 saturated carbocycles. The number of pyridine rings is 1. The zero-order valence-electron chi connectivity index (χ0n) is 15.5. The molecule has 0 spiro atoms. The minimum absolute atomic E-state index is 0.00103. The van der Waals surface area contributed by atoms with E-state index in [-0.39, 0.29) is 11.2 Å². The monoisotopic (exact) mass is 362 g/mol. The van der Waals surface area contributed by atoms with Crippen molar-refractivity contribution in [2.45, 2.75) is 24.7 Å². The number of aromatic hydroxyl groups is 1. The third-order valence-electron chi connectivity index (χ3n) is 6.57. The fourth-order valence-corrected chi connectivity index (χ4v) is 5.15. The van der Waals surface area contributed by atoms with Crippen molar-refractivity contribution < 1.29 is 9.50 Å². The lowest BCUT2D eigenvalue weighted by molar-refractivity contribution is 0.0987. The average Bonchev–Trinajstić information content (AvgIpc) is 2.65. The normalized spacial score (nSPS) is 25.2. The van der Waals surface area contributed by atoms with E-state index in [4.69, 9.17) is 4.98 Å². The first-order valence-corrected chi connectivity index (χ1v) is 9.60. The molecule has 0 unspecified atom stereocenters. The third-order valence-corrected chi connectivity index (χ3v) is 6.57. The Morgan fingerprint density at radius 2 is 2.07 bits per heavy atom. The molecule has 4 heteroatoms. The first-order chi connectivity index (χ1) is 13.0. The van der Waals surface area contributed by atoms with Gasteiger partial charge in [0.15, 0.2) is 0 Å². The van der Waals surface area contributed by atoms with Crippen LogP contribution in [0.15, 0.2) is 48.5 Å². The Morgan fingerprint density at radius 1 is 1.19 bits per heavy atom. The van der Waals surface area contributed by atoms with Crippen LogP contribution in [0, 0.1) is 11.7 Å². The standard InChI is InChI=1S/C23H23FN2O/c1-26-8-7-23(17-3-2-4-20(27)12-17)13-22-15(10-18(23)14-26)9-16-11-19(24)5-6-21(16)25-22/h2-6,9,11-12,18,27H,7-8,10,13-14H2,1H3/t18-,23+/m1/s1. The molecule has 2 atom stereocenters. The molecule has 3 aromatic rings. The number of nitrogens with zero attached hydrogens (tertiary/aromatic N) is 2. The SMILES string of the molecule is CN1CC[C@@]2(c3cccc(O)c3)Cc3nc4ccc(F)cc4cc3C[C@@H]2C1. The van der Waals surface area contributed by atoms with E-state index in [1.54, 1.807) is 18.2 Å². The number of phenols is 1. The molecule has 0 bridgehead atoms. The van der Waals surface area contributed by atoms with Crippen molar-refractivity contribution in [2.75, 3.05) is 20.1 Å². The Kier molecular flexibility index (Phi) is 3.73. The molecule has 138 valence electrons. The van der Waals surface area contributed by atoms with Crippen LogP contribution in [0.3, 0.4) is 0 Å². The van der Waals surface area contributed by atoms with Crippen molar-refractivity contribution in [2.24, 2.45) is 5.92 Å². The minimum Gasteiger partial charge on any atom is -0.508 e. The summed E-state index contributed by atoms with van der Waals surface area (Å²) >= 11 is 0. The van der Waals surface area contributed by atoms with Crippen LogP contribution in [-0.2, 0) is 18.3 Å². The van der Waals surface area contributed by atoms with E-state index in [0.29, 0.717) is 11.7 Å². The minimum atomic E-state index is -0.216. The van der Waals surface area contributed by atoms with Crippen molar-refractivity contribution in [1.82, 2.24) is 9.88 Å². The van der Waals surface area contributed by atoms with Crippen LogP contribution in [0.1, 0.15) is 23.2 Å². The van der Waals surface area contributed by atoms with Gasteiger partial charge in [-0.3, -0.25) is 4.98 Å². The summed E-state index contributed by atoms with van der Waals surface area (Å²) in [7, 11) is 2.18. The van der Waals surface area contributed by atoms with E-state index in [1.807, 2.05) is 12.1 Å². The second-order valence-corrected chi connectivity index (χ2v) is 8.23. The summed E-state index contributed by atoms with van der Waals surface area (Å²) in [6.07, 6.45) is 2.87. The van der Waals surface area contributed by atoms with Gasteiger partial charge in [-0.25, -0.2) is 4.39 Å². The zero-order chi connectivity index (χ0) is 18.6. The van der Waals surface area contributed by atoms with E-state index in [0.717, 1.165) is 48.9 Å². The fraction of sp³-hybridized carbons (Fsp3) is 0.348. The first-order valence-electron chi connectivity index (χ1n) is 9.60. The Balaban J connectivity index is 1.66. The molecular formula is C23H23FN2O. The molecule has 2 heterocycles. The average molecular weight is 362 g/mol. The molecule has 2 aromatic carbocycles. The summed E-state index contributed by atoms with van der Waals surface area (Å²) in [5.41, 5.74) is 4.43. The largest absolute Gasteiger partial charge is 0.508 e. The summed E-state index contributed by atoms with van der Waals surface area (Å²) in [5, 5.41) is 11.0. The third kappa shape index (κ3) is 2.71. The van der Waals surface area contributed by atoms with Crippen LogP contribution in [0.5, 0.6) is 5.75 Å². The van der Waals surface area contributed by atoms with Gasteiger partial charge in [0.25, 0.3) is 0 Å². The number of halogens is 1. The van der Waals surface area contributed by atoms with Crippen LogP contribution >= 0.6 is 0 Å². The van der Waals surface area contributed by atoms with Gasteiger partial charge in [0.05, 0.1) is 5.52 Å². The highest BCUT2D eigenvalue weighted by Crippen LogP contribution is 2.48. The van der Waals surface area contributed by atoms with Gasteiger partial charge >= 0.3 is 0 Å². The number of aromatic nitrogens is 1. The van der Waals surface area contributed by atoms with Crippen molar-refractivity contribution >= 4 is 10.9 Å². The van der Waals surface area contributed by atoms with Crippen LogP contribution in [0.25, 0.3) is 10.9 Å². The van der Waals surface area contributed by atoms with Crippen molar-refractivity contribution in [1.29, 1.82) is 0 Å². The maximum atomic E-state index is 13.7. The van der Waals surface area contributed by atoms with Gasteiger partial charge in [0.1, 0.15) is 11.6 Å². The van der Waals surface area contributed by atoms with Crippen molar-refractivity contribution in [3.05, 3.63) is 71.2 Å². The summed E-state index contributed by atoms with van der Waals surface area (Å²) in [5.74, 6) is 0.567. The lowest BCUT2D eigenvalue weighted by atomic mass is 9.58. The second-order valence-electron chi connectivity index (χ2n) is 8.23. The number of hydrogen-bond acceptors (Lipinski definition) is 3. The van der Waals surface area contributed by atoms with Gasteiger partial charge in [-0.15, -0.1) is 0 Å². The topological polar surface area (TPSA) is 36.4 Å². The molecule has 1 fully saturated rings. The van der Waals surface area contributed by atoms with Gasteiger partial charge < -0.3 is 10.0 Å². The number of piperidine rings is 1. The number of rotatable bonds is 1. The molecule has 2 aliphatic rings. The number of fused-ring (bicyclic) bond motifs is 3. The van der Waals surface area contributed by atoms with Gasteiger partial charge in [-0.2, -0.15) is 0 Å². The Hall–Kier alpha value is -2.46. The summed E-state index contributed by atoms with van der Waals surface area (Å²) < 4.78 is 13.7. The molecule has 0 radical (unpaired) electrons. The summed E-state index contributed by atoms with van der Waals surface area (Å²) in [6.45, 7) is 2.07. The van der Waals surface area contributed by atoms with Gasteiger partial charge in [-0.1, -0.05) is 12.1 Å². The molecule has 1 N–H and O–H groups in total. The maximum absolute atomic E-state index is 13.7. The van der Waals surface area contributed by atoms with E-state index in [9.17, 15) is 9.50 Å². The molecule has 1 saturated heterocycles. The zero-order valence-corrected chi connectivity index (χ0v) is 15.5. The Morgan fingerprint density at radius 3 is 2.93 bits per heavy atom. The van der Waals surface area contributed by atoms with Crippen LogP contribution in [-0.4, -0.2) is 35.1 Å². The van der Waals surface area contributed by atoms with E-state index < -0.39 is 0 Å². The highest BCUT2D eigenvalue weighted by Gasteiger charge is 2.47. The first kappa shape index (κ1) is 16.7. The molecule has 1 aromatic heterocycles. The quantitative estimate of drug-likeness (QED) is 0.709. The van der Waals surface area contributed by atoms with E-state index >= 15 is 0 Å². The Bertz CT molecular complexity index is 1030. The lowest BCUT2D eigenvalue weighted by Gasteiger charge is -2.50. The fourth-order valence-electron chi connectivity index (χ4n) is 5.15. The van der Waals surface area contributed by atoms with Gasteiger partial charge in [0.2, 0.25) is 0 Å². The number of benzene rings is 2. The molecule has 0 amide bonds. The maximum Gasteiger partial charge on any atom is 0.123 e. The van der Waals surface area contributed by atoms with Crippen LogP contribution in [0.2, 0.25) is 0 Å². The highest BCUT2D eigenvalue weighted by molar-refractivity contribution is 5.79. The predicted molar refractivity (Wildman–Crippen MR) is 104 cm³/mol. The molecule has 1 aliphatic carbocycles. The van der Waals surface area contributed by atoms with Crippen molar-refractivity contribution in [3.8, 4) is 5.75 Å². The molecule has 1 aliphatic heterocycles. The van der Waals surface area contributed by atoms with Crippen molar-refractivity contribution in [3.63, 3.8) is 0 Å². The second kappa shape index (κ2) is 6.03. The van der Waals surface area contributed by atoms with E-state index in [2.05, 4.69) is 24.1 Å². The number of likely N-dealkylation sites (tertiary alicyclic amines) is 1. The van der Waals surface area contributed by atoms with E-state index in [1.165, 1.54) is 17.2 Å². The molecule has 27 heavy (non-hydrogen) atoms. The predicted octanol–water partition coefficient (Wildman–Crippen LogP) is 4.07.